The van der Waals surface area contributed by atoms with Gasteiger partial charge in [-0.3, -0.25) is 4.79 Å². The zero-order chi connectivity index (χ0) is 21.3. The monoisotopic (exact) mass is 413 g/mol. The Hall–Kier alpha value is -2.62. The molecule has 1 atom stereocenters. The number of ether oxygens (including phenoxy) is 1. The highest BCUT2D eigenvalue weighted by Gasteiger charge is 2.36. The molecule has 0 amide bonds. The number of aryl methyl sites for hydroxylation is 2. The number of aromatic nitrogens is 5. The number of nitrogens with zero attached hydrogens (tertiary/aromatic N) is 4. The summed E-state index contributed by atoms with van der Waals surface area (Å²) in [4.78, 5) is 19.2. The maximum atomic E-state index is 13.3. The van der Waals surface area contributed by atoms with Gasteiger partial charge in [0, 0.05) is 7.11 Å². The molecular formula is C21H31N7O2+2. The number of fused-ring (bicyclic) bond motifs is 1. The van der Waals surface area contributed by atoms with Crippen molar-refractivity contribution in [2.24, 2.45) is 0 Å². The first-order chi connectivity index (χ1) is 14.5. The van der Waals surface area contributed by atoms with Crippen LogP contribution in [0, 0.1) is 13.8 Å². The van der Waals surface area contributed by atoms with E-state index in [9.17, 15) is 4.79 Å². The van der Waals surface area contributed by atoms with Gasteiger partial charge in [-0.2, -0.15) is 0 Å². The molecule has 0 aliphatic carbocycles. The van der Waals surface area contributed by atoms with Gasteiger partial charge in [-0.25, -0.2) is 4.68 Å². The van der Waals surface area contributed by atoms with Crippen molar-refractivity contribution in [2.45, 2.75) is 26.4 Å². The van der Waals surface area contributed by atoms with Crippen molar-refractivity contribution in [3.8, 4) is 0 Å². The average Bonchev–Trinajstić information content (AvgIpc) is 3.17. The summed E-state index contributed by atoms with van der Waals surface area (Å²) < 4.78 is 7.00. The van der Waals surface area contributed by atoms with E-state index < -0.39 is 0 Å². The molecule has 1 fully saturated rings. The van der Waals surface area contributed by atoms with Gasteiger partial charge >= 0.3 is 0 Å². The fourth-order valence-corrected chi connectivity index (χ4v) is 4.50. The van der Waals surface area contributed by atoms with Gasteiger partial charge in [-0.05, 0) is 47.4 Å². The largest absolute Gasteiger partial charge is 0.383 e. The van der Waals surface area contributed by atoms with Crippen LogP contribution in [0.5, 0.6) is 0 Å². The summed E-state index contributed by atoms with van der Waals surface area (Å²) in [5, 5.41) is 13.5. The SMILES string of the molecule is COCCn1nnnc1[C@@H](c1cc2cc(C)cc(C)c2[nH]c1=O)[NH+]1CC[NH+](C)CC1. The average molecular weight is 414 g/mol. The Morgan fingerprint density at radius 3 is 2.70 bits per heavy atom. The molecule has 0 unspecified atom stereocenters. The van der Waals surface area contributed by atoms with Gasteiger partial charge in [0.25, 0.3) is 5.56 Å². The molecule has 0 bridgehead atoms. The number of rotatable bonds is 6. The number of hydrogen-bond acceptors (Lipinski definition) is 5. The minimum absolute atomic E-state index is 0.0699. The maximum Gasteiger partial charge on any atom is 0.258 e. The number of piperazine rings is 1. The van der Waals surface area contributed by atoms with Crippen molar-refractivity contribution in [2.75, 3.05) is 46.9 Å². The second-order valence-corrected chi connectivity index (χ2v) is 8.40. The third kappa shape index (κ3) is 4.00. The van der Waals surface area contributed by atoms with Crippen LogP contribution >= 0.6 is 0 Å². The Morgan fingerprint density at radius 1 is 1.20 bits per heavy atom. The predicted molar refractivity (Wildman–Crippen MR) is 113 cm³/mol. The normalized spacial score (nSPS) is 20.5. The predicted octanol–water partition coefficient (Wildman–Crippen LogP) is -1.72. The van der Waals surface area contributed by atoms with Crippen LogP contribution in [0.3, 0.4) is 0 Å². The highest BCUT2D eigenvalue weighted by atomic mass is 16.5. The second-order valence-electron chi connectivity index (χ2n) is 8.40. The fraction of sp³-hybridized carbons (Fsp3) is 0.524. The quantitative estimate of drug-likeness (QED) is 0.447. The summed E-state index contributed by atoms with van der Waals surface area (Å²) in [6.07, 6.45) is 0. The van der Waals surface area contributed by atoms with E-state index in [0.717, 1.165) is 54.0 Å². The number of methoxy groups -OCH3 is 1. The van der Waals surface area contributed by atoms with E-state index in [1.807, 2.05) is 13.0 Å². The van der Waals surface area contributed by atoms with E-state index in [-0.39, 0.29) is 11.6 Å². The van der Waals surface area contributed by atoms with E-state index in [4.69, 9.17) is 4.74 Å². The van der Waals surface area contributed by atoms with Gasteiger partial charge in [0.05, 0.1) is 31.3 Å². The van der Waals surface area contributed by atoms with E-state index >= 15 is 0 Å². The van der Waals surface area contributed by atoms with Crippen molar-refractivity contribution in [1.29, 1.82) is 0 Å². The van der Waals surface area contributed by atoms with E-state index in [0.29, 0.717) is 13.2 Å². The lowest BCUT2D eigenvalue weighted by atomic mass is 10.00. The Balaban J connectivity index is 1.85. The fourth-order valence-electron chi connectivity index (χ4n) is 4.50. The van der Waals surface area contributed by atoms with Gasteiger partial charge in [-0.15, -0.1) is 5.10 Å². The molecule has 9 nitrogen and oxygen atoms in total. The Morgan fingerprint density at radius 2 is 1.97 bits per heavy atom. The van der Waals surface area contributed by atoms with Crippen molar-refractivity contribution in [3.05, 3.63) is 51.1 Å². The molecule has 30 heavy (non-hydrogen) atoms. The van der Waals surface area contributed by atoms with Gasteiger partial charge in [-0.1, -0.05) is 11.6 Å². The maximum absolute atomic E-state index is 13.3. The number of nitrogens with one attached hydrogen (secondary N) is 3. The summed E-state index contributed by atoms with van der Waals surface area (Å²) in [5.41, 5.74) is 3.79. The zero-order valence-electron chi connectivity index (χ0n) is 18.2. The third-order valence-electron chi connectivity index (χ3n) is 6.11. The van der Waals surface area contributed by atoms with Gasteiger partial charge in [0.15, 0.2) is 6.04 Å². The zero-order valence-corrected chi connectivity index (χ0v) is 18.2. The molecule has 4 rings (SSSR count). The van der Waals surface area contributed by atoms with Crippen molar-refractivity contribution in [1.82, 2.24) is 25.2 Å². The molecule has 2 aromatic heterocycles. The van der Waals surface area contributed by atoms with Crippen LogP contribution in [0.1, 0.15) is 28.6 Å². The summed E-state index contributed by atoms with van der Waals surface area (Å²) in [6.45, 7) is 9.19. The molecule has 1 aromatic carbocycles. The molecular weight excluding hydrogens is 382 g/mol. The first kappa shape index (κ1) is 20.6. The number of tetrazole rings is 1. The molecule has 3 heterocycles. The lowest BCUT2D eigenvalue weighted by Crippen LogP contribution is -3.27. The molecule has 1 aliphatic rings. The smallest absolute Gasteiger partial charge is 0.258 e. The summed E-state index contributed by atoms with van der Waals surface area (Å²) in [7, 11) is 3.87. The van der Waals surface area contributed by atoms with Crippen LogP contribution in [0.15, 0.2) is 23.0 Å². The summed E-state index contributed by atoms with van der Waals surface area (Å²) in [6, 6.07) is 6.02. The third-order valence-corrected chi connectivity index (χ3v) is 6.11. The van der Waals surface area contributed by atoms with Crippen molar-refractivity contribution in [3.63, 3.8) is 0 Å². The van der Waals surface area contributed by atoms with Crippen LogP contribution in [0.2, 0.25) is 0 Å². The Kier molecular flexibility index (Phi) is 5.94. The molecule has 160 valence electrons. The first-order valence-corrected chi connectivity index (χ1v) is 10.5. The molecule has 3 aromatic rings. The molecule has 9 heteroatoms. The number of aromatic amines is 1. The highest BCUT2D eigenvalue weighted by Crippen LogP contribution is 2.21. The van der Waals surface area contributed by atoms with E-state index in [1.54, 1.807) is 11.8 Å². The number of quaternary nitrogens is 2. The van der Waals surface area contributed by atoms with Gasteiger partial charge in [0.2, 0.25) is 5.82 Å². The topological polar surface area (TPSA) is 94.6 Å². The number of hydrogen-bond donors (Lipinski definition) is 3. The highest BCUT2D eigenvalue weighted by molar-refractivity contribution is 5.83. The van der Waals surface area contributed by atoms with E-state index in [1.165, 1.54) is 15.4 Å². The number of benzene rings is 1. The van der Waals surface area contributed by atoms with Crippen LogP contribution < -0.4 is 15.4 Å². The standard InChI is InChI=1S/C21H29N7O2/c1-14-11-15(2)18-16(12-14)13-17(21(29)22-18)19(27-7-5-26(3)6-8-27)20-23-24-25-28(20)9-10-30-4/h11-13,19H,5-10H2,1-4H3,(H,22,29)/p+2/t19-/m1/s1. The summed E-state index contributed by atoms with van der Waals surface area (Å²) >= 11 is 0. The number of pyridine rings is 1. The van der Waals surface area contributed by atoms with Crippen LogP contribution in [-0.2, 0) is 11.3 Å². The Bertz CT molecular complexity index is 1080. The molecule has 1 saturated heterocycles. The Labute approximate surface area is 175 Å². The van der Waals surface area contributed by atoms with Crippen molar-refractivity contribution < 1.29 is 14.5 Å². The lowest BCUT2D eigenvalue weighted by molar-refractivity contribution is -1.02. The number of likely N-dealkylation sites (N-methyl/N-ethyl adjacent to an activating group) is 1. The molecule has 0 radical (unpaired) electrons. The molecule has 1 aliphatic heterocycles. The molecule has 0 spiro atoms. The first-order valence-electron chi connectivity index (χ1n) is 10.5. The second kappa shape index (κ2) is 8.63. The molecule has 3 N–H and O–H groups in total. The number of H-pyrrole nitrogens is 1. The minimum Gasteiger partial charge on any atom is -0.383 e. The van der Waals surface area contributed by atoms with E-state index in [2.05, 4.69) is 46.6 Å². The van der Waals surface area contributed by atoms with Crippen molar-refractivity contribution >= 4 is 10.9 Å². The summed E-state index contributed by atoms with van der Waals surface area (Å²) in [5.74, 6) is 0.718. The molecule has 0 saturated carbocycles. The van der Waals surface area contributed by atoms with Crippen LogP contribution in [0.25, 0.3) is 10.9 Å². The van der Waals surface area contributed by atoms with Crippen LogP contribution in [-0.4, -0.2) is 72.1 Å². The lowest BCUT2D eigenvalue weighted by Gasteiger charge is -2.32. The van der Waals surface area contributed by atoms with Gasteiger partial charge in [0.1, 0.15) is 26.2 Å². The van der Waals surface area contributed by atoms with Gasteiger partial charge < -0.3 is 19.5 Å². The van der Waals surface area contributed by atoms with Crippen LogP contribution in [0.4, 0.5) is 0 Å². The minimum atomic E-state index is -0.223.